The van der Waals surface area contributed by atoms with Crippen LogP contribution in [0.5, 0.6) is 0 Å². The predicted molar refractivity (Wildman–Crippen MR) is 125 cm³/mol. The molecule has 3 heterocycles. The Labute approximate surface area is 192 Å². The fourth-order valence-electron chi connectivity index (χ4n) is 5.20. The van der Waals surface area contributed by atoms with Gasteiger partial charge in [0.05, 0.1) is 17.5 Å². The van der Waals surface area contributed by atoms with E-state index >= 15 is 0 Å². The maximum Gasteiger partial charge on any atom is 0.255 e. The molecule has 3 aromatic rings. The lowest BCUT2D eigenvalue weighted by Gasteiger charge is -2.28. The van der Waals surface area contributed by atoms with Crippen LogP contribution in [0.2, 0.25) is 0 Å². The van der Waals surface area contributed by atoms with E-state index in [9.17, 15) is 17.6 Å². The Morgan fingerprint density at radius 2 is 1.94 bits per heavy atom. The van der Waals surface area contributed by atoms with E-state index in [0.29, 0.717) is 40.1 Å². The topological polar surface area (TPSA) is 82.9 Å². The van der Waals surface area contributed by atoms with Crippen LogP contribution in [0.4, 0.5) is 10.1 Å². The van der Waals surface area contributed by atoms with E-state index in [-0.39, 0.29) is 23.8 Å². The molecule has 1 amide bonds. The Bertz CT molecular complexity index is 1350. The van der Waals surface area contributed by atoms with Crippen LogP contribution in [-0.4, -0.2) is 51.7 Å². The van der Waals surface area contributed by atoms with E-state index in [0.717, 1.165) is 24.9 Å². The summed E-state index contributed by atoms with van der Waals surface area (Å²) in [6.45, 7) is 3.36. The number of rotatable bonds is 3. The highest BCUT2D eigenvalue weighted by molar-refractivity contribution is 7.92. The minimum Gasteiger partial charge on any atom is -0.455 e. The first kappa shape index (κ1) is 21.9. The molecule has 7 nitrogen and oxygen atoms in total. The molecule has 1 N–H and O–H groups in total. The lowest BCUT2D eigenvalue weighted by Crippen LogP contribution is -2.40. The zero-order valence-electron chi connectivity index (χ0n) is 18.8. The standard InChI is InChI=1S/C24H26FN3O4S/c1-14-18-11-19-21(12-20(18)28(33(3,30)31)13-17-5-4-10-27(14)17)32-23(22(19)24(29)26-2)15-6-8-16(25)9-7-15/h6-9,11-12,14,17H,4-5,10,13H2,1-3H3,(H,26,29)/t14?,17-/m0/s1. The summed E-state index contributed by atoms with van der Waals surface area (Å²) in [5, 5.41) is 3.27. The number of carbonyl (C=O) groups excluding carboxylic acids is 1. The van der Waals surface area contributed by atoms with Crippen molar-refractivity contribution in [1.29, 1.82) is 0 Å². The Morgan fingerprint density at radius 1 is 1.21 bits per heavy atom. The summed E-state index contributed by atoms with van der Waals surface area (Å²) in [6, 6.07) is 9.47. The number of nitrogens with one attached hydrogen (secondary N) is 1. The van der Waals surface area contributed by atoms with Gasteiger partial charge in [0.15, 0.2) is 0 Å². The fraction of sp³-hybridized carbons (Fsp3) is 0.375. The first-order chi connectivity index (χ1) is 15.7. The van der Waals surface area contributed by atoms with Gasteiger partial charge in [-0.1, -0.05) is 0 Å². The molecule has 2 aliphatic heterocycles. The molecule has 1 aromatic heterocycles. The van der Waals surface area contributed by atoms with E-state index in [4.69, 9.17) is 4.42 Å². The number of hydrogen-bond acceptors (Lipinski definition) is 5. The summed E-state index contributed by atoms with van der Waals surface area (Å²) in [4.78, 5) is 15.3. The Hall–Kier alpha value is -2.91. The van der Waals surface area contributed by atoms with Gasteiger partial charge in [0.2, 0.25) is 10.0 Å². The number of anilines is 1. The van der Waals surface area contributed by atoms with Gasteiger partial charge in [0.25, 0.3) is 5.91 Å². The minimum atomic E-state index is -3.53. The summed E-state index contributed by atoms with van der Waals surface area (Å²) in [5.74, 6) is -0.392. The van der Waals surface area contributed by atoms with Crippen LogP contribution in [0.1, 0.15) is 41.7 Å². The average molecular weight is 472 g/mol. The molecular weight excluding hydrogens is 445 g/mol. The number of nitrogens with zero attached hydrogens (tertiary/aromatic N) is 2. The van der Waals surface area contributed by atoms with Crippen molar-refractivity contribution in [3.8, 4) is 11.3 Å². The molecule has 174 valence electrons. The van der Waals surface area contributed by atoms with Crippen molar-refractivity contribution in [1.82, 2.24) is 10.2 Å². The summed E-state index contributed by atoms with van der Waals surface area (Å²) in [7, 11) is -1.99. The van der Waals surface area contributed by atoms with Gasteiger partial charge >= 0.3 is 0 Å². The van der Waals surface area contributed by atoms with Gasteiger partial charge < -0.3 is 9.73 Å². The molecule has 9 heteroatoms. The Morgan fingerprint density at radius 3 is 2.61 bits per heavy atom. The van der Waals surface area contributed by atoms with E-state index in [1.807, 2.05) is 6.07 Å². The van der Waals surface area contributed by atoms with Gasteiger partial charge in [-0.2, -0.15) is 0 Å². The minimum absolute atomic E-state index is 0.0228. The van der Waals surface area contributed by atoms with Gasteiger partial charge in [-0.05, 0) is 62.2 Å². The van der Waals surface area contributed by atoms with Crippen molar-refractivity contribution in [2.75, 3.05) is 30.7 Å². The molecule has 0 spiro atoms. The molecule has 0 bridgehead atoms. The molecule has 0 radical (unpaired) electrons. The maximum atomic E-state index is 13.5. The molecule has 0 aliphatic carbocycles. The van der Waals surface area contributed by atoms with Crippen molar-refractivity contribution in [3.63, 3.8) is 0 Å². The van der Waals surface area contributed by atoms with Crippen LogP contribution in [0.25, 0.3) is 22.3 Å². The number of benzene rings is 2. The van der Waals surface area contributed by atoms with Gasteiger partial charge in [0.1, 0.15) is 17.2 Å². The molecule has 33 heavy (non-hydrogen) atoms. The van der Waals surface area contributed by atoms with E-state index in [2.05, 4.69) is 17.1 Å². The summed E-state index contributed by atoms with van der Waals surface area (Å²) >= 11 is 0. The van der Waals surface area contributed by atoms with Gasteiger partial charge in [-0.15, -0.1) is 0 Å². The third kappa shape index (κ3) is 3.59. The van der Waals surface area contributed by atoms with Gasteiger partial charge in [0, 0.05) is 42.7 Å². The first-order valence-electron chi connectivity index (χ1n) is 11.0. The molecular formula is C24H26FN3O4S. The normalized spacial score (nSPS) is 21.0. The van der Waals surface area contributed by atoms with Crippen molar-refractivity contribution in [2.45, 2.75) is 31.8 Å². The number of amides is 1. The Balaban J connectivity index is 1.79. The van der Waals surface area contributed by atoms with Crippen LogP contribution in [0.3, 0.4) is 0 Å². The quantitative estimate of drug-likeness (QED) is 0.627. The molecule has 1 fully saturated rings. The van der Waals surface area contributed by atoms with Crippen LogP contribution in [-0.2, 0) is 10.0 Å². The van der Waals surface area contributed by atoms with Crippen molar-refractivity contribution in [2.24, 2.45) is 0 Å². The lowest BCUT2D eigenvalue weighted by atomic mass is 9.99. The van der Waals surface area contributed by atoms with Crippen LogP contribution in [0, 0.1) is 5.82 Å². The predicted octanol–water partition coefficient (Wildman–Crippen LogP) is 3.90. The fourth-order valence-corrected chi connectivity index (χ4v) is 6.16. The Kier molecular flexibility index (Phi) is 5.21. The monoisotopic (exact) mass is 471 g/mol. The first-order valence-corrected chi connectivity index (χ1v) is 12.9. The number of fused-ring (bicyclic) bond motifs is 3. The molecule has 0 saturated carbocycles. The number of sulfonamides is 1. The zero-order chi connectivity index (χ0) is 23.5. The van der Waals surface area contributed by atoms with Gasteiger partial charge in [-0.3, -0.25) is 14.0 Å². The molecule has 5 rings (SSSR count). The second kappa shape index (κ2) is 7.85. The second-order valence-corrected chi connectivity index (χ2v) is 10.7. The zero-order valence-corrected chi connectivity index (χ0v) is 19.6. The van der Waals surface area contributed by atoms with Crippen molar-refractivity contribution in [3.05, 3.63) is 53.3 Å². The van der Waals surface area contributed by atoms with Gasteiger partial charge in [-0.25, -0.2) is 12.8 Å². The van der Waals surface area contributed by atoms with Crippen LogP contribution >= 0.6 is 0 Å². The van der Waals surface area contributed by atoms with E-state index in [1.165, 1.54) is 22.7 Å². The summed E-state index contributed by atoms with van der Waals surface area (Å²) < 4.78 is 46.7. The maximum absolute atomic E-state index is 13.5. The highest BCUT2D eigenvalue weighted by Gasteiger charge is 2.39. The molecule has 1 unspecified atom stereocenters. The number of carbonyl (C=O) groups is 1. The van der Waals surface area contributed by atoms with E-state index in [1.54, 1.807) is 25.2 Å². The summed E-state index contributed by atoms with van der Waals surface area (Å²) in [5.41, 5.74) is 2.74. The molecule has 1 saturated heterocycles. The number of halogens is 1. The number of furan rings is 1. The van der Waals surface area contributed by atoms with Crippen LogP contribution in [0.15, 0.2) is 40.8 Å². The number of hydrogen-bond donors (Lipinski definition) is 1. The summed E-state index contributed by atoms with van der Waals surface area (Å²) in [6.07, 6.45) is 3.19. The second-order valence-electron chi connectivity index (χ2n) is 8.80. The highest BCUT2D eigenvalue weighted by Crippen LogP contribution is 2.44. The third-order valence-corrected chi connectivity index (χ3v) is 7.96. The third-order valence-electron chi connectivity index (χ3n) is 6.81. The molecule has 2 atom stereocenters. The van der Waals surface area contributed by atoms with Crippen molar-refractivity contribution >= 4 is 32.6 Å². The lowest BCUT2D eigenvalue weighted by molar-refractivity contribution is 0.0964. The SMILES string of the molecule is CNC(=O)c1c(-c2ccc(F)cc2)oc2cc3c(cc12)C(C)N1CCC[C@H]1CN3S(C)(=O)=O. The molecule has 2 aromatic carbocycles. The van der Waals surface area contributed by atoms with Crippen molar-refractivity contribution < 1.29 is 22.0 Å². The van der Waals surface area contributed by atoms with E-state index < -0.39 is 10.0 Å². The van der Waals surface area contributed by atoms with Crippen LogP contribution < -0.4 is 9.62 Å². The average Bonchev–Trinajstić information content (AvgIpc) is 3.37. The highest BCUT2D eigenvalue weighted by atomic mass is 32.2. The smallest absolute Gasteiger partial charge is 0.255 e. The largest absolute Gasteiger partial charge is 0.455 e. The molecule has 2 aliphatic rings.